The third-order valence-corrected chi connectivity index (χ3v) is 4.55. The normalized spacial score (nSPS) is 16.0. The van der Waals surface area contributed by atoms with Crippen molar-refractivity contribution in [1.82, 2.24) is 4.90 Å². The number of carbonyl (C=O) groups excluding carboxylic acids is 2. The molecule has 1 aliphatic rings. The molecule has 0 radical (unpaired) electrons. The molecule has 1 aliphatic heterocycles. The number of likely N-dealkylation sites (tertiary alicyclic amines) is 1. The number of benzene rings is 1. The standard InChI is InChI=1S/C21H31NO6/c1-5-26-19(23)17-7-6-8-18(13-17)28-20(25-4)16-9-11-22(12-10-16)21(24)27-14-15(2)3/h6-8,13,15-16,20H,5,9-12,14H2,1-4H3. The highest BCUT2D eigenvalue weighted by Gasteiger charge is 2.30. The summed E-state index contributed by atoms with van der Waals surface area (Å²) in [6, 6.07) is 6.88. The summed E-state index contributed by atoms with van der Waals surface area (Å²) in [6.45, 7) is 7.75. The molecule has 1 aromatic rings. The van der Waals surface area contributed by atoms with E-state index >= 15 is 0 Å². The van der Waals surface area contributed by atoms with Gasteiger partial charge < -0.3 is 23.8 Å². The molecule has 1 saturated heterocycles. The van der Waals surface area contributed by atoms with Crippen molar-refractivity contribution >= 4 is 12.1 Å². The van der Waals surface area contributed by atoms with Crippen LogP contribution in [0.3, 0.4) is 0 Å². The molecule has 1 unspecified atom stereocenters. The molecule has 1 atom stereocenters. The summed E-state index contributed by atoms with van der Waals surface area (Å²) in [5.74, 6) is 0.634. The summed E-state index contributed by atoms with van der Waals surface area (Å²) in [6.07, 6.45) is 0.801. The zero-order chi connectivity index (χ0) is 20.5. The molecule has 0 aromatic heterocycles. The van der Waals surface area contributed by atoms with Crippen LogP contribution < -0.4 is 4.74 Å². The fourth-order valence-corrected chi connectivity index (χ4v) is 3.07. The van der Waals surface area contributed by atoms with Crippen molar-refractivity contribution < 1.29 is 28.5 Å². The number of nitrogens with zero attached hydrogens (tertiary/aromatic N) is 1. The summed E-state index contributed by atoms with van der Waals surface area (Å²) >= 11 is 0. The van der Waals surface area contributed by atoms with E-state index in [-0.39, 0.29) is 18.0 Å². The zero-order valence-electron chi connectivity index (χ0n) is 17.2. The lowest BCUT2D eigenvalue weighted by molar-refractivity contribution is -0.105. The molecule has 0 saturated carbocycles. The first kappa shape index (κ1) is 22.0. The largest absolute Gasteiger partial charge is 0.465 e. The van der Waals surface area contributed by atoms with E-state index in [1.165, 1.54) is 0 Å². The quantitative estimate of drug-likeness (QED) is 0.495. The van der Waals surface area contributed by atoms with Crippen LogP contribution in [0.15, 0.2) is 24.3 Å². The minimum absolute atomic E-state index is 0.144. The second-order valence-electron chi connectivity index (χ2n) is 7.27. The Morgan fingerprint density at radius 2 is 1.89 bits per heavy atom. The summed E-state index contributed by atoms with van der Waals surface area (Å²) in [5, 5.41) is 0. The average Bonchev–Trinajstić information content (AvgIpc) is 2.70. The number of esters is 1. The van der Waals surface area contributed by atoms with Crippen molar-refractivity contribution in [3.63, 3.8) is 0 Å². The van der Waals surface area contributed by atoms with Gasteiger partial charge in [0.1, 0.15) is 5.75 Å². The maximum atomic E-state index is 12.1. The number of piperidine rings is 1. The van der Waals surface area contributed by atoms with Crippen LogP contribution >= 0.6 is 0 Å². The van der Waals surface area contributed by atoms with Gasteiger partial charge in [0, 0.05) is 26.1 Å². The summed E-state index contributed by atoms with van der Waals surface area (Å²) in [4.78, 5) is 25.7. The van der Waals surface area contributed by atoms with E-state index in [1.807, 2.05) is 13.8 Å². The number of rotatable bonds is 8. The van der Waals surface area contributed by atoms with Gasteiger partial charge in [-0.1, -0.05) is 19.9 Å². The molecular weight excluding hydrogens is 362 g/mol. The van der Waals surface area contributed by atoms with Gasteiger partial charge in [0.25, 0.3) is 0 Å². The van der Waals surface area contributed by atoms with E-state index in [0.717, 1.165) is 12.8 Å². The van der Waals surface area contributed by atoms with Crippen LogP contribution in [0.5, 0.6) is 5.75 Å². The number of methoxy groups -OCH3 is 1. The van der Waals surface area contributed by atoms with Crippen molar-refractivity contribution in [3.05, 3.63) is 29.8 Å². The molecule has 1 fully saturated rings. The SMILES string of the molecule is CCOC(=O)c1cccc(OC(OC)C2CCN(C(=O)OCC(C)C)CC2)c1. The molecule has 1 heterocycles. The average molecular weight is 393 g/mol. The highest BCUT2D eigenvalue weighted by Crippen LogP contribution is 2.26. The van der Waals surface area contributed by atoms with Crippen LogP contribution in [0.25, 0.3) is 0 Å². The van der Waals surface area contributed by atoms with Crippen molar-refractivity contribution in [3.8, 4) is 5.75 Å². The minimum atomic E-state index is -0.453. The maximum absolute atomic E-state index is 12.1. The molecule has 1 aromatic carbocycles. The number of carbonyl (C=O) groups is 2. The Labute approximate surface area is 166 Å². The first-order chi connectivity index (χ1) is 13.4. The van der Waals surface area contributed by atoms with E-state index in [0.29, 0.717) is 43.5 Å². The molecule has 0 N–H and O–H groups in total. The fraction of sp³-hybridized carbons (Fsp3) is 0.619. The Morgan fingerprint density at radius 3 is 2.50 bits per heavy atom. The molecule has 1 amide bonds. The third kappa shape index (κ3) is 6.41. The van der Waals surface area contributed by atoms with Crippen LogP contribution in [0.4, 0.5) is 4.79 Å². The van der Waals surface area contributed by atoms with Crippen molar-refractivity contribution in [1.29, 1.82) is 0 Å². The Balaban J connectivity index is 1.90. The number of amides is 1. The Kier molecular flexibility index (Phi) is 8.57. The van der Waals surface area contributed by atoms with Crippen molar-refractivity contribution in [2.24, 2.45) is 11.8 Å². The molecule has 156 valence electrons. The molecule has 0 aliphatic carbocycles. The Bertz CT molecular complexity index is 640. The van der Waals surface area contributed by atoms with Gasteiger partial charge in [-0.05, 0) is 43.9 Å². The van der Waals surface area contributed by atoms with Gasteiger partial charge >= 0.3 is 12.1 Å². The summed E-state index contributed by atoms with van der Waals surface area (Å²) in [7, 11) is 1.60. The van der Waals surface area contributed by atoms with E-state index in [2.05, 4.69) is 0 Å². The van der Waals surface area contributed by atoms with Gasteiger partial charge in [0.15, 0.2) is 0 Å². The van der Waals surface area contributed by atoms with E-state index < -0.39 is 6.29 Å². The lowest BCUT2D eigenvalue weighted by Crippen LogP contribution is -2.43. The number of hydrogen-bond donors (Lipinski definition) is 0. The van der Waals surface area contributed by atoms with Crippen molar-refractivity contribution in [2.75, 3.05) is 33.4 Å². The van der Waals surface area contributed by atoms with Crippen LogP contribution in [-0.2, 0) is 14.2 Å². The Morgan fingerprint density at radius 1 is 1.18 bits per heavy atom. The first-order valence-corrected chi connectivity index (χ1v) is 9.82. The number of ether oxygens (including phenoxy) is 4. The molecule has 7 heteroatoms. The summed E-state index contributed by atoms with van der Waals surface area (Å²) < 4.78 is 21.8. The second kappa shape index (κ2) is 10.9. The van der Waals surface area contributed by atoms with Crippen LogP contribution in [0, 0.1) is 11.8 Å². The Hall–Kier alpha value is -2.28. The molecule has 0 spiro atoms. The second-order valence-corrected chi connectivity index (χ2v) is 7.27. The van der Waals surface area contributed by atoms with Crippen LogP contribution in [-0.4, -0.2) is 56.7 Å². The first-order valence-electron chi connectivity index (χ1n) is 9.82. The van der Waals surface area contributed by atoms with Crippen LogP contribution in [0.2, 0.25) is 0 Å². The van der Waals surface area contributed by atoms with Gasteiger partial charge in [-0.2, -0.15) is 0 Å². The van der Waals surface area contributed by atoms with Gasteiger partial charge in [-0.25, -0.2) is 9.59 Å². The van der Waals surface area contributed by atoms with E-state index in [9.17, 15) is 9.59 Å². The third-order valence-electron chi connectivity index (χ3n) is 4.55. The van der Waals surface area contributed by atoms with Gasteiger partial charge in [-0.15, -0.1) is 0 Å². The lowest BCUT2D eigenvalue weighted by Gasteiger charge is -2.34. The highest BCUT2D eigenvalue weighted by atomic mass is 16.7. The van der Waals surface area contributed by atoms with Gasteiger partial charge in [0.2, 0.25) is 6.29 Å². The molecule has 7 nitrogen and oxygen atoms in total. The number of hydrogen-bond acceptors (Lipinski definition) is 6. The van der Waals surface area contributed by atoms with Crippen LogP contribution in [0.1, 0.15) is 44.0 Å². The fourth-order valence-electron chi connectivity index (χ4n) is 3.07. The maximum Gasteiger partial charge on any atom is 0.409 e. The smallest absolute Gasteiger partial charge is 0.409 e. The van der Waals surface area contributed by atoms with E-state index in [4.69, 9.17) is 18.9 Å². The topological polar surface area (TPSA) is 74.3 Å². The summed E-state index contributed by atoms with van der Waals surface area (Å²) in [5.41, 5.74) is 0.442. The van der Waals surface area contributed by atoms with Gasteiger partial charge in [0.05, 0.1) is 18.8 Å². The van der Waals surface area contributed by atoms with Crippen molar-refractivity contribution in [2.45, 2.75) is 39.9 Å². The monoisotopic (exact) mass is 393 g/mol. The van der Waals surface area contributed by atoms with Gasteiger partial charge in [-0.3, -0.25) is 0 Å². The molecule has 0 bridgehead atoms. The minimum Gasteiger partial charge on any atom is -0.465 e. The molecular formula is C21H31NO6. The molecule has 28 heavy (non-hydrogen) atoms. The predicted octanol–water partition coefficient (Wildman–Crippen LogP) is 3.72. The lowest BCUT2D eigenvalue weighted by atomic mass is 9.96. The van der Waals surface area contributed by atoms with E-state index in [1.54, 1.807) is 43.2 Å². The zero-order valence-corrected chi connectivity index (χ0v) is 17.2. The molecule has 2 rings (SSSR count). The predicted molar refractivity (Wildman–Crippen MR) is 104 cm³/mol. The highest BCUT2D eigenvalue weighted by molar-refractivity contribution is 5.89.